The van der Waals surface area contributed by atoms with Crippen LogP contribution in [0.5, 0.6) is 0 Å². The third kappa shape index (κ3) is 2.36. The van der Waals surface area contributed by atoms with E-state index in [2.05, 4.69) is 21.6 Å². The zero-order valence-corrected chi connectivity index (χ0v) is 7.57. The number of carbonyl (C=O) groups excluding carboxylic acids is 1. The Balaban J connectivity index is 2.73. The first-order valence-corrected chi connectivity index (χ1v) is 4.12. The number of aromatic nitrogens is 1. The van der Waals surface area contributed by atoms with Gasteiger partial charge in [-0.2, -0.15) is 0 Å². The molecule has 0 bridgehead atoms. The fourth-order valence-electron chi connectivity index (χ4n) is 0.567. The summed E-state index contributed by atoms with van der Waals surface area (Å²) in [7, 11) is 1.30. The minimum Gasteiger partial charge on any atom is -0.459 e. The first-order chi connectivity index (χ1) is 5.72. The molecule has 0 atom stereocenters. The van der Waals surface area contributed by atoms with Gasteiger partial charge in [0.15, 0.2) is 5.01 Å². The monoisotopic (exact) mass is 181 g/mol. The number of hydrogen-bond acceptors (Lipinski definition) is 4. The van der Waals surface area contributed by atoms with Crippen molar-refractivity contribution in [2.75, 3.05) is 7.11 Å². The normalized spacial score (nSPS) is 8.50. The number of nitrogens with zero attached hydrogens (tertiary/aromatic N) is 1. The van der Waals surface area contributed by atoms with Gasteiger partial charge in [0.1, 0.15) is 0 Å². The lowest BCUT2D eigenvalue weighted by molar-refractivity contribution is -0.133. The van der Waals surface area contributed by atoms with Gasteiger partial charge in [0.2, 0.25) is 0 Å². The summed E-state index contributed by atoms with van der Waals surface area (Å²) in [6, 6.07) is 0. The molecule has 0 aliphatic carbocycles. The number of methoxy groups -OCH3 is 1. The maximum absolute atomic E-state index is 10.6. The molecule has 0 aliphatic heterocycles. The summed E-state index contributed by atoms with van der Waals surface area (Å²) >= 11 is 1.41. The van der Waals surface area contributed by atoms with Crippen molar-refractivity contribution < 1.29 is 9.53 Å². The van der Waals surface area contributed by atoms with Gasteiger partial charge < -0.3 is 4.74 Å². The lowest BCUT2D eigenvalue weighted by atomic mass is 10.5. The van der Waals surface area contributed by atoms with Crippen LogP contribution in [0.2, 0.25) is 0 Å². The Morgan fingerprint density at radius 3 is 3.00 bits per heavy atom. The van der Waals surface area contributed by atoms with Crippen LogP contribution in [0.4, 0.5) is 0 Å². The third-order valence-electron chi connectivity index (χ3n) is 1.08. The first kappa shape index (κ1) is 8.75. The highest BCUT2D eigenvalue weighted by atomic mass is 32.1. The van der Waals surface area contributed by atoms with Gasteiger partial charge in [-0.25, -0.2) is 9.78 Å². The van der Waals surface area contributed by atoms with Crippen LogP contribution in [0.15, 0.2) is 5.38 Å². The van der Waals surface area contributed by atoms with Crippen molar-refractivity contribution in [3.05, 3.63) is 16.1 Å². The van der Waals surface area contributed by atoms with E-state index >= 15 is 0 Å². The Morgan fingerprint density at radius 2 is 2.50 bits per heavy atom. The van der Waals surface area contributed by atoms with Gasteiger partial charge in [-0.1, -0.05) is 0 Å². The quantitative estimate of drug-likeness (QED) is 0.442. The second-order valence-electron chi connectivity index (χ2n) is 2.04. The molecule has 0 fully saturated rings. The number of thiazole rings is 1. The fourth-order valence-corrected chi connectivity index (χ4v) is 1.21. The Labute approximate surface area is 74.4 Å². The molecule has 0 saturated heterocycles. The summed E-state index contributed by atoms with van der Waals surface area (Å²) in [6.45, 7) is 1.87. The van der Waals surface area contributed by atoms with E-state index in [9.17, 15) is 4.79 Å². The fraction of sp³-hybridized carbons (Fsp3) is 0.250. The molecule has 1 rings (SSSR count). The third-order valence-corrected chi connectivity index (χ3v) is 1.95. The van der Waals surface area contributed by atoms with Gasteiger partial charge in [0, 0.05) is 17.0 Å². The van der Waals surface area contributed by atoms with Gasteiger partial charge in [-0.05, 0) is 12.8 Å². The Morgan fingerprint density at radius 1 is 1.75 bits per heavy atom. The van der Waals surface area contributed by atoms with Crippen LogP contribution >= 0.6 is 11.3 Å². The van der Waals surface area contributed by atoms with Crippen molar-refractivity contribution in [2.45, 2.75) is 6.92 Å². The molecule has 0 aliphatic rings. The highest BCUT2D eigenvalue weighted by Gasteiger charge is 1.94. The summed E-state index contributed by atoms with van der Waals surface area (Å²) in [5.74, 6) is 4.36. The maximum atomic E-state index is 10.6. The molecule has 4 heteroatoms. The number of rotatable bonds is 0. The summed E-state index contributed by atoms with van der Waals surface area (Å²) in [5.41, 5.74) is 0.911. The van der Waals surface area contributed by atoms with Gasteiger partial charge in [0.25, 0.3) is 0 Å². The maximum Gasteiger partial charge on any atom is 0.384 e. The van der Waals surface area contributed by atoms with Crippen LogP contribution in [0.3, 0.4) is 0 Å². The molecule has 12 heavy (non-hydrogen) atoms. The largest absolute Gasteiger partial charge is 0.459 e. The minimum absolute atomic E-state index is 0.539. The molecule has 0 unspecified atom stereocenters. The average molecular weight is 181 g/mol. The van der Waals surface area contributed by atoms with E-state index in [4.69, 9.17) is 0 Å². The smallest absolute Gasteiger partial charge is 0.384 e. The van der Waals surface area contributed by atoms with Crippen molar-refractivity contribution in [2.24, 2.45) is 0 Å². The Hall–Kier alpha value is -1.34. The van der Waals surface area contributed by atoms with Crippen molar-refractivity contribution in [3.8, 4) is 11.8 Å². The SMILES string of the molecule is COC(=O)C#Cc1nc(C)cs1. The topological polar surface area (TPSA) is 39.2 Å². The van der Waals surface area contributed by atoms with Crippen LogP contribution in [0, 0.1) is 18.8 Å². The van der Waals surface area contributed by atoms with E-state index in [-0.39, 0.29) is 0 Å². The van der Waals surface area contributed by atoms with Crippen LogP contribution < -0.4 is 0 Å². The van der Waals surface area contributed by atoms with E-state index in [1.54, 1.807) is 0 Å². The first-order valence-electron chi connectivity index (χ1n) is 3.24. The summed E-state index contributed by atoms with van der Waals surface area (Å²) in [5, 5.41) is 2.51. The highest BCUT2D eigenvalue weighted by molar-refractivity contribution is 7.10. The molecule has 0 saturated carbocycles. The number of hydrogen-bond donors (Lipinski definition) is 0. The lowest BCUT2D eigenvalue weighted by Gasteiger charge is -1.82. The number of aryl methyl sites for hydroxylation is 1. The second-order valence-corrected chi connectivity index (χ2v) is 2.89. The number of esters is 1. The zero-order valence-electron chi connectivity index (χ0n) is 6.75. The average Bonchev–Trinajstić information content (AvgIpc) is 2.47. The molecule has 0 spiro atoms. The van der Waals surface area contributed by atoms with Crippen molar-refractivity contribution in [1.82, 2.24) is 4.98 Å². The Bertz CT molecular complexity index is 345. The molecule has 0 N–H and O–H groups in total. The van der Waals surface area contributed by atoms with Gasteiger partial charge in [0.05, 0.1) is 7.11 Å². The summed E-state index contributed by atoms with van der Waals surface area (Å²) < 4.78 is 4.34. The molecule has 62 valence electrons. The number of carbonyl (C=O) groups is 1. The van der Waals surface area contributed by atoms with E-state index in [0.29, 0.717) is 5.01 Å². The summed E-state index contributed by atoms with van der Waals surface area (Å²) in [4.78, 5) is 14.6. The lowest BCUT2D eigenvalue weighted by Crippen LogP contribution is -1.94. The van der Waals surface area contributed by atoms with E-state index in [1.807, 2.05) is 12.3 Å². The molecule has 1 aromatic rings. The predicted molar refractivity (Wildman–Crippen MR) is 45.7 cm³/mol. The van der Waals surface area contributed by atoms with Gasteiger partial charge in [-0.3, -0.25) is 0 Å². The Kier molecular flexibility index (Phi) is 2.83. The molecule has 0 amide bonds. The molecule has 0 radical (unpaired) electrons. The second kappa shape index (κ2) is 3.88. The summed E-state index contributed by atoms with van der Waals surface area (Å²) in [6.07, 6.45) is 0. The molecule has 1 aromatic heterocycles. The predicted octanol–water partition coefficient (Wildman–Crippen LogP) is 0.976. The molecular weight excluding hydrogens is 174 g/mol. The standard InChI is InChI=1S/C8H7NO2S/c1-6-5-12-7(9-6)3-4-8(10)11-2/h5H,1-2H3. The minimum atomic E-state index is -0.539. The van der Waals surface area contributed by atoms with Crippen LogP contribution in [-0.2, 0) is 9.53 Å². The molecular formula is C8H7NO2S. The molecule has 3 nitrogen and oxygen atoms in total. The van der Waals surface area contributed by atoms with Crippen molar-refractivity contribution in [3.63, 3.8) is 0 Å². The molecule has 0 aromatic carbocycles. The van der Waals surface area contributed by atoms with Crippen LogP contribution in [0.25, 0.3) is 0 Å². The highest BCUT2D eigenvalue weighted by Crippen LogP contribution is 2.05. The van der Waals surface area contributed by atoms with Crippen LogP contribution in [0.1, 0.15) is 10.7 Å². The van der Waals surface area contributed by atoms with Crippen LogP contribution in [-0.4, -0.2) is 18.1 Å². The van der Waals surface area contributed by atoms with E-state index in [0.717, 1.165) is 5.69 Å². The molecule has 1 heterocycles. The van der Waals surface area contributed by atoms with E-state index < -0.39 is 5.97 Å². The van der Waals surface area contributed by atoms with Crippen molar-refractivity contribution >= 4 is 17.3 Å². The number of ether oxygens (including phenoxy) is 1. The van der Waals surface area contributed by atoms with Gasteiger partial charge in [-0.15, -0.1) is 11.3 Å². The van der Waals surface area contributed by atoms with Crippen molar-refractivity contribution in [1.29, 1.82) is 0 Å². The van der Waals surface area contributed by atoms with Gasteiger partial charge >= 0.3 is 5.97 Å². The zero-order chi connectivity index (χ0) is 8.97. The van der Waals surface area contributed by atoms with E-state index in [1.165, 1.54) is 18.4 Å².